The molecule has 15 heavy (non-hydrogen) atoms. The Morgan fingerprint density at radius 2 is 2.13 bits per heavy atom. The van der Waals surface area contributed by atoms with Crippen LogP contribution in [-0.4, -0.2) is 10.5 Å². The van der Waals surface area contributed by atoms with Crippen LogP contribution in [0.1, 0.15) is 13.0 Å². The van der Waals surface area contributed by atoms with E-state index in [1.165, 1.54) is 0 Å². The van der Waals surface area contributed by atoms with Crippen LogP contribution in [0.4, 0.5) is 5.69 Å². The number of aromatic nitrogens is 1. The molecule has 0 fully saturated rings. The molecule has 1 amide bonds. The molecule has 0 saturated carbocycles. The van der Waals surface area contributed by atoms with E-state index in [1.54, 1.807) is 6.92 Å². The Hall–Kier alpha value is -1.97. The number of carbonyl (C=O) groups is 1. The molecular weight excluding hydrogens is 190 g/mol. The number of primary amides is 1. The molecule has 78 valence electrons. The monoisotopic (exact) mass is 203 g/mol. The van der Waals surface area contributed by atoms with Gasteiger partial charge in [-0.25, -0.2) is 0 Å². The van der Waals surface area contributed by atoms with E-state index in [9.17, 15) is 4.79 Å². The predicted molar refractivity (Wildman–Crippen MR) is 60.3 cm³/mol. The number of hydrogen-bond donors (Lipinski definition) is 2. The van der Waals surface area contributed by atoms with Gasteiger partial charge < -0.3 is 16.0 Å². The summed E-state index contributed by atoms with van der Waals surface area (Å²) in [4.78, 5) is 11.1. The van der Waals surface area contributed by atoms with Gasteiger partial charge in [0, 0.05) is 22.8 Å². The second kappa shape index (κ2) is 3.31. The van der Waals surface area contributed by atoms with Crippen molar-refractivity contribution < 1.29 is 4.79 Å². The van der Waals surface area contributed by atoms with Gasteiger partial charge in [0.25, 0.3) is 0 Å². The summed E-state index contributed by atoms with van der Waals surface area (Å²) in [6.07, 6.45) is 1.85. The molecule has 0 aliphatic rings. The molecule has 1 unspecified atom stereocenters. The molecule has 0 saturated heterocycles. The van der Waals surface area contributed by atoms with Crippen molar-refractivity contribution in [3.63, 3.8) is 0 Å². The van der Waals surface area contributed by atoms with Crippen molar-refractivity contribution in [1.82, 2.24) is 4.57 Å². The minimum atomic E-state index is -0.343. The molecule has 0 spiro atoms. The normalized spacial score (nSPS) is 12.9. The molecule has 4 N–H and O–H groups in total. The highest BCUT2D eigenvalue weighted by molar-refractivity contribution is 5.86. The zero-order valence-electron chi connectivity index (χ0n) is 8.47. The Bertz CT molecular complexity index is 516. The van der Waals surface area contributed by atoms with E-state index in [4.69, 9.17) is 11.5 Å². The van der Waals surface area contributed by atoms with E-state index in [0.29, 0.717) is 5.69 Å². The van der Waals surface area contributed by atoms with Gasteiger partial charge in [0.2, 0.25) is 5.91 Å². The maximum Gasteiger partial charge on any atom is 0.240 e. The molecule has 1 aromatic carbocycles. The third-order valence-electron chi connectivity index (χ3n) is 2.57. The summed E-state index contributed by atoms with van der Waals surface area (Å²) >= 11 is 0. The maximum absolute atomic E-state index is 11.1. The SMILES string of the molecule is CC(C(N)=O)n1ccc2cc(N)ccc21. The number of carbonyl (C=O) groups excluding carboxylic acids is 1. The summed E-state index contributed by atoms with van der Waals surface area (Å²) < 4.78 is 1.84. The highest BCUT2D eigenvalue weighted by Crippen LogP contribution is 2.21. The number of anilines is 1. The van der Waals surface area contributed by atoms with Crippen LogP contribution in [0.5, 0.6) is 0 Å². The van der Waals surface area contributed by atoms with E-state index >= 15 is 0 Å². The Balaban J connectivity index is 2.59. The number of nitrogens with zero attached hydrogens (tertiary/aromatic N) is 1. The van der Waals surface area contributed by atoms with Crippen LogP contribution in [0.2, 0.25) is 0 Å². The van der Waals surface area contributed by atoms with Crippen LogP contribution >= 0.6 is 0 Å². The quantitative estimate of drug-likeness (QED) is 0.721. The maximum atomic E-state index is 11.1. The first-order valence-electron chi connectivity index (χ1n) is 4.75. The molecule has 4 heteroatoms. The molecule has 1 aromatic heterocycles. The fourth-order valence-electron chi connectivity index (χ4n) is 1.66. The summed E-state index contributed by atoms with van der Waals surface area (Å²) in [5.41, 5.74) is 12.6. The Kier molecular flexibility index (Phi) is 2.11. The summed E-state index contributed by atoms with van der Waals surface area (Å²) in [5.74, 6) is -0.343. The number of fused-ring (bicyclic) bond motifs is 1. The number of amides is 1. The minimum absolute atomic E-state index is 0.342. The highest BCUT2D eigenvalue weighted by Gasteiger charge is 2.12. The van der Waals surface area contributed by atoms with E-state index in [0.717, 1.165) is 10.9 Å². The Labute approximate surface area is 87.5 Å². The van der Waals surface area contributed by atoms with E-state index in [-0.39, 0.29) is 11.9 Å². The smallest absolute Gasteiger partial charge is 0.240 e. The zero-order chi connectivity index (χ0) is 11.0. The van der Waals surface area contributed by atoms with Crippen molar-refractivity contribution in [2.24, 2.45) is 5.73 Å². The third kappa shape index (κ3) is 1.54. The molecule has 0 bridgehead atoms. The van der Waals surface area contributed by atoms with Crippen molar-refractivity contribution >= 4 is 22.5 Å². The van der Waals surface area contributed by atoms with Gasteiger partial charge >= 0.3 is 0 Å². The molecule has 2 rings (SSSR count). The van der Waals surface area contributed by atoms with Crippen molar-refractivity contribution in [3.8, 4) is 0 Å². The van der Waals surface area contributed by atoms with Gasteiger partial charge in [-0.2, -0.15) is 0 Å². The van der Waals surface area contributed by atoms with Crippen molar-refractivity contribution in [2.75, 3.05) is 5.73 Å². The highest BCUT2D eigenvalue weighted by atomic mass is 16.1. The van der Waals surface area contributed by atoms with Crippen molar-refractivity contribution in [1.29, 1.82) is 0 Å². The number of rotatable bonds is 2. The van der Waals surface area contributed by atoms with E-state index in [2.05, 4.69) is 0 Å². The number of hydrogen-bond acceptors (Lipinski definition) is 2. The van der Waals surface area contributed by atoms with Gasteiger partial charge in [-0.1, -0.05) is 0 Å². The van der Waals surface area contributed by atoms with Gasteiger partial charge in [0.1, 0.15) is 6.04 Å². The number of nitrogens with two attached hydrogens (primary N) is 2. The largest absolute Gasteiger partial charge is 0.399 e. The molecule has 2 aromatic rings. The fourth-order valence-corrected chi connectivity index (χ4v) is 1.66. The van der Waals surface area contributed by atoms with E-state index < -0.39 is 0 Å². The van der Waals surface area contributed by atoms with Gasteiger partial charge in [-0.05, 0) is 31.2 Å². The van der Waals surface area contributed by atoms with Gasteiger partial charge in [-0.15, -0.1) is 0 Å². The van der Waals surface area contributed by atoms with Crippen molar-refractivity contribution in [3.05, 3.63) is 30.5 Å². The van der Waals surface area contributed by atoms with Crippen LogP contribution in [0, 0.1) is 0 Å². The Morgan fingerprint density at radius 3 is 2.80 bits per heavy atom. The lowest BCUT2D eigenvalue weighted by Gasteiger charge is -2.11. The average molecular weight is 203 g/mol. The fraction of sp³-hybridized carbons (Fsp3) is 0.182. The molecule has 4 nitrogen and oxygen atoms in total. The Morgan fingerprint density at radius 1 is 1.40 bits per heavy atom. The summed E-state index contributed by atoms with van der Waals surface area (Å²) in [5, 5.41) is 1.02. The van der Waals surface area contributed by atoms with Crippen LogP contribution in [-0.2, 0) is 4.79 Å². The van der Waals surface area contributed by atoms with Crippen LogP contribution in [0.25, 0.3) is 10.9 Å². The standard InChI is InChI=1S/C11H13N3O/c1-7(11(13)15)14-5-4-8-6-9(12)2-3-10(8)14/h2-7H,12H2,1H3,(H2,13,15). The molecule has 0 radical (unpaired) electrons. The lowest BCUT2D eigenvalue weighted by atomic mass is 10.2. The molecule has 0 aliphatic carbocycles. The minimum Gasteiger partial charge on any atom is -0.399 e. The third-order valence-corrected chi connectivity index (χ3v) is 2.57. The molecule has 0 aliphatic heterocycles. The van der Waals surface area contributed by atoms with Gasteiger partial charge in [0.05, 0.1) is 0 Å². The average Bonchev–Trinajstić information content (AvgIpc) is 2.59. The van der Waals surface area contributed by atoms with Crippen molar-refractivity contribution in [2.45, 2.75) is 13.0 Å². The van der Waals surface area contributed by atoms with Gasteiger partial charge in [0.15, 0.2) is 0 Å². The second-order valence-corrected chi connectivity index (χ2v) is 3.62. The van der Waals surface area contributed by atoms with Crippen LogP contribution in [0.15, 0.2) is 30.5 Å². The first-order chi connectivity index (χ1) is 7.09. The van der Waals surface area contributed by atoms with E-state index in [1.807, 2.05) is 35.0 Å². The van der Waals surface area contributed by atoms with Gasteiger partial charge in [-0.3, -0.25) is 4.79 Å². The first kappa shape index (κ1) is 9.58. The van der Waals surface area contributed by atoms with Crippen LogP contribution in [0.3, 0.4) is 0 Å². The van der Waals surface area contributed by atoms with Crippen LogP contribution < -0.4 is 11.5 Å². The first-order valence-corrected chi connectivity index (χ1v) is 4.75. The summed E-state index contributed by atoms with van der Waals surface area (Å²) in [7, 11) is 0. The molecule has 1 heterocycles. The number of nitrogen functional groups attached to an aromatic ring is 1. The zero-order valence-corrected chi connectivity index (χ0v) is 8.47. The molecule has 1 atom stereocenters. The predicted octanol–water partition coefficient (Wildman–Crippen LogP) is 1.27. The lowest BCUT2D eigenvalue weighted by Crippen LogP contribution is -2.23. The summed E-state index contributed by atoms with van der Waals surface area (Å²) in [6, 6.07) is 7.16. The number of benzene rings is 1. The lowest BCUT2D eigenvalue weighted by molar-refractivity contribution is -0.120. The summed E-state index contributed by atoms with van der Waals surface area (Å²) in [6.45, 7) is 1.78. The molecular formula is C11H13N3O. The topological polar surface area (TPSA) is 74.0 Å². The second-order valence-electron chi connectivity index (χ2n) is 3.62.